The summed E-state index contributed by atoms with van der Waals surface area (Å²) in [6, 6.07) is 14.4. The summed E-state index contributed by atoms with van der Waals surface area (Å²) in [5, 5.41) is 23.3. The maximum atomic E-state index is 11.0. The van der Waals surface area contributed by atoms with Gasteiger partial charge in [0.1, 0.15) is 0 Å². The molecule has 0 aliphatic heterocycles. The second kappa shape index (κ2) is 7.75. The van der Waals surface area contributed by atoms with Crippen LogP contribution in [0, 0.1) is 17.0 Å². The van der Waals surface area contributed by atoms with E-state index in [2.05, 4.69) is 15.5 Å². The van der Waals surface area contributed by atoms with Crippen molar-refractivity contribution in [1.82, 2.24) is 20.2 Å². The van der Waals surface area contributed by atoms with Crippen LogP contribution in [0.4, 0.5) is 5.69 Å². The molecule has 1 aromatic heterocycles. The van der Waals surface area contributed by atoms with Gasteiger partial charge in [0.05, 0.1) is 17.2 Å². The number of para-hydroxylation sites is 1. The number of nitrogens with zero attached hydrogens (tertiary/aromatic N) is 5. The zero-order chi connectivity index (χ0) is 17.6. The van der Waals surface area contributed by atoms with E-state index in [9.17, 15) is 10.1 Å². The third-order valence-electron chi connectivity index (χ3n) is 3.33. The van der Waals surface area contributed by atoms with Gasteiger partial charge in [-0.05, 0) is 41.1 Å². The lowest BCUT2D eigenvalue weighted by Crippen LogP contribution is -2.05. The maximum absolute atomic E-state index is 11.0. The van der Waals surface area contributed by atoms with Gasteiger partial charge in [-0.3, -0.25) is 10.1 Å². The van der Waals surface area contributed by atoms with Crippen molar-refractivity contribution in [3.05, 3.63) is 64.2 Å². The highest BCUT2D eigenvalue weighted by Crippen LogP contribution is 2.28. The molecular weight excluding hydrogens is 342 g/mol. The van der Waals surface area contributed by atoms with E-state index in [1.165, 1.54) is 17.8 Å². The van der Waals surface area contributed by atoms with Gasteiger partial charge in [-0.1, -0.05) is 36.0 Å². The van der Waals surface area contributed by atoms with Crippen LogP contribution in [0.25, 0.3) is 5.69 Å². The normalized spacial score (nSPS) is 10.6. The van der Waals surface area contributed by atoms with Crippen molar-refractivity contribution in [3.8, 4) is 11.4 Å². The molecule has 0 saturated heterocycles. The fourth-order valence-corrected chi connectivity index (χ4v) is 2.88. The molecule has 0 saturated carbocycles. The molecule has 0 amide bonds. The van der Waals surface area contributed by atoms with E-state index >= 15 is 0 Å². The number of ether oxygens (including phenoxy) is 1. The van der Waals surface area contributed by atoms with Crippen molar-refractivity contribution in [3.63, 3.8) is 0 Å². The van der Waals surface area contributed by atoms with Crippen LogP contribution < -0.4 is 4.74 Å². The topological polar surface area (TPSA) is 96.0 Å². The molecule has 0 aliphatic carbocycles. The smallest absolute Gasteiger partial charge is 0.310 e. The summed E-state index contributed by atoms with van der Waals surface area (Å²) in [5.41, 5.74) is 1.73. The minimum absolute atomic E-state index is 0.0373. The van der Waals surface area contributed by atoms with E-state index in [1.54, 1.807) is 16.8 Å². The second-order valence-corrected chi connectivity index (χ2v) is 6.20. The Morgan fingerprint density at radius 2 is 2.04 bits per heavy atom. The van der Waals surface area contributed by atoms with Crippen molar-refractivity contribution in [2.45, 2.75) is 12.1 Å². The van der Waals surface area contributed by atoms with Crippen LogP contribution in [0.1, 0.15) is 5.56 Å². The van der Waals surface area contributed by atoms with Gasteiger partial charge in [-0.2, -0.15) is 4.68 Å². The summed E-state index contributed by atoms with van der Waals surface area (Å²) >= 11 is 1.42. The lowest BCUT2D eigenvalue weighted by molar-refractivity contribution is -0.385. The number of rotatable bonds is 7. The van der Waals surface area contributed by atoms with Crippen molar-refractivity contribution in [1.29, 1.82) is 0 Å². The molecule has 128 valence electrons. The standard InChI is InChI=1S/C16H15N5O3S/c1-12-7-8-14(21(22)23)15(11-12)24-9-10-25-16-17-18-19-20(16)13-5-3-2-4-6-13/h2-8,11H,9-10H2,1H3. The Kier molecular flexibility index (Phi) is 5.24. The van der Waals surface area contributed by atoms with Crippen molar-refractivity contribution < 1.29 is 9.66 Å². The molecule has 8 nitrogen and oxygen atoms in total. The predicted octanol–water partition coefficient (Wildman–Crippen LogP) is 3.05. The number of tetrazole rings is 1. The van der Waals surface area contributed by atoms with Gasteiger partial charge in [0.15, 0.2) is 5.75 Å². The average Bonchev–Trinajstić information content (AvgIpc) is 3.08. The van der Waals surface area contributed by atoms with E-state index in [0.717, 1.165) is 11.3 Å². The van der Waals surface area contributed by atoms with Crippen LogP contribution in [0.15, 0.2) is 53.7 Å². The highest BCUT2D eigenvalue weighted by atomic mass is 32.2. The molecule has 3 aromatic rings. The minimum Gasteiger partial charge on any atom is -0.486 e. The van der Waals surface area contributed by atoms with Gasteiger partial charge in [0.25, 0.3) is 0 Å². The molecule has 0 fully saturated rings. The molecule has 0 spiro atoms. The average molecular weight is 357 g/mol. The predicted molar refractivity (Wildman–Crippen MR) is 93.2 cm³/mol. The molecule has 0 aliphatic rings. The first-order valence-electron chi connectivity index (χ1n) is 7.49. The highest BCUT2D eigenvalue weighted by Gasteiger charge is 2.15. The molecule has 0 atom stereocenters. The number of aromatic nitrogens is 4. The van der Waals surface area contributed by atoms with Crippen LogP contribution in [0.5, 0.6) is 5.75 Å². The van der Waals surface area contributed by atoms with Gasteiger partial charge >= 0.3 is 5.69 Å². The van der Waals surface area contributed by atoms with E-state index in [4.69, 9.17) is 4.74 Å². The fourth-order valence-electron chi connectivity index (χ4n) is 2.17. The van der Waals surface area contributed by atoms with Crippen molar-refractivity contribution in [2.24, 2.45) is 0 Å². The second-order valence-electron chi connectivity index (χ2n) is 5.13. The Morgan fingerprint density at radius 3 is 2.80 bits per heavy atom. The van der Waals surface area contributed by atoms with E-state index in [0.29, 0.717) is 17.5 Å². The summed E-state index contributed by atoms with van der Waals surface area (Å²) in [5.74, 6) is 0.825. The first-order chi connectivity index (χ1) is 12.1. The van der Waals surface area contributed by atoms with Crippen LogP contribution in [-0.2, 0) is 0 Å². The number of benzene rings is 2. The zero-order valence-electron chi connectivity index (χ0n) is 13.4. The number of nitro benzene ring substituents is 1. The third kappa shape index (κ3) is 4.13. The molecule has 3 rings (SSSR count). The van der Waals surface area contributed by atoms with Crippen LogP contribution in [-0.4, -0.2) is 37.5 Å². The van der Waals surface area contributed by atoms with E-state index in [1.807, 2.05) is 37.3 Å². The number of hydrogen-bond donors (Lipinski definition) is 0. The number of hydrogen-bond acceptors (Lipinski definition) is 7. The quantitative estimate of drug-likeness (QED) is 0.277. The molecule has 0 radical (unpaired) electrons. The molecular formula is C16H15N5O3S. The molecule has 2 aromatic carbocycles. The van der Waals surface area contributed by atoms with Crippen molar-refractivity contribution >= 4 is 17.4 Å². The van der Waals surface area contributed by atoms with Crippen LogP contribution in [0.3, 0.4) is 0 Å². The van der Waals surface area contributed by atoms with Gasteiger partial charge in [-0.15, -0.1) is 5.10 Å². The summed E-state index contributed by atoms with van der Waals surface area (Å²) in [7, 11) is 0. The fraction of sp³-hybridized carbons (Fsp3) is 0.188. The molecule has 0 N–H and O–H groups in total. The lowest BCUT2D eigenvalue weighted by Gasteiger charge is -2.07. The van der Waals surface area contributed by atoms with Crippen LogP contribution >= 0.6 is 11.8 Å². The van der Waals surface area contributed by atoms with E-state index < -0.39 is 4.92 Å². The van der Waals surface area contributed by atoms with Gasteiger partial charge in [0, 0.05) is 11.8 Å². The Bertz CT molecular complexity index is 869. The minimum atomic E-state index is -0.447. The lowest BCUT2D eigenvalue weighted by atomic mass is 10.2. The number of nitro groups is 1. The molecule has 25 heavy (non-hydrogen) atoms. The van der Waals surface area contributed by atoms with Gasteiger partial charge < -0.3 is 4.74 Å². The summed E-state index contributed by atoms with van der Waals surface area (Å²) in [6.45, 7) is 2.16. The van der Waals surface area contributed by atoms with Crippen LogP contribution in [0.2, 0.25) is 0 Å². The van der Waals surface area contributed by atoms with Gasteiger partial charge in [0.2, 0.25) is 5.16 Å². The SMILES string of the molecule is Cc1ccc([N+](=O)[O-])c(OCCSc2nnnn2-c2ccccc2)c1. The monoisotopic (exact) mass is 357 g/mol. The Hall–Kier alpha value is -2.94. The summed E-state index contributed by atoms with van der Waals surface area (Å²) in [4.78, 5) is 10.6. The number of aryl methyl sites for hydroxylation is 1. The first-order valence-corrected chi connectivity index (χ1v) is 8.48. The zero-order valence-corrected chi connectivity index (χ0v) is 14.2. The first kappa shape index (κ1) is 16.9. The Morgan fingerprint density at radius 1 is 1.24 bits per heavy atom. The highest BCUT2D eigenvalue weighted by molar-refractivity contribution is 7.99. The maximum Gasteiger partial charge on any atom is 0.310 e. The number of thioether (sulfide) groups is 1. The third-order valence-corrected chi connectivity index (χ3v) is 4.21. The molecule has 0 bridgehead atoms. The Labute approximate surface area is 148 Å². The summed E-state index contributed by atoms with van der Waals surface area (Å²) < 4.78 is 7.22. The molecule has 0 unspecified atom stereocenters. The Balaban J connectivity index is 1.61. The largest absolute Gasteiger partial charge is 0.486 e. The summed E-state index contributed by atoms with van der Waals surface area (Å²) in [6.07, 6.45) is 0. The molecule has 9 heteroatoms. The van der Waals surface area contributed by atoms with E-state index in [-0.39, 0.29) is 11.4 Å². The molecule has 1 heterocycles. The van der Waals surface area contributed by atoms with Crippen molar-refractivity contribution in [2.75, 3.05) is 12.4 Å². The van der Waals surface area contributed by atoms with Gasteiger partial charge in [-0.25, -0.2) is 0 Å².